The maximum atomic E-state index is 13.2. The number of hydrogen-bond acceptors (Lipinski definition) is 3. The molecule has 24 heavy (non-hydrogen) atoms. The van der Waals surface area contributed by atoms with Gasteiger partial charge in [0.2, 0.25) is 11.8 Å². The van der Waals surface area contributed by atoms with Gasteiger partial charge in [0.05, 0.1) is 18.8 Å². The number of carbonyl (C=O) groups is 2. The Balaban J connectivity index is 1.71. The van der Waals surface area contributed by atoms with Crippen molar-refractivity contribution < 1.29 is 9.59 Å². The Morgan fingerprint density at radius 1 is 1.29 bits per heavy atom. The first-order valence-electron chi connectivity index (χ1n) is 9.11. The van der Waals surface area contributed by atoms with Crippen LogP contribution in [0.5, 0.6) is 0 Å². The van der Waals surface area contributed by atoms with Crippen LogP contribution in [0, 0.1) is 12.8 Å². The van der Waals surface area contributed by atoms with E-state index in [2.05, 4.69) is 10.4 Å². The largest absolute Gasteiger partial charge is 0.344 e. The zero-order valence-corrected chi connectivity index (χ0v) is 14.7. The summed E-state index contributed by atoms with van der Waals surface area (Å²) in [5.74, 6) is 0.275. The molecule has 6 nitrogen and oxygen atoms in total. The number of nitrogens with one attached hydrogen (secondary N) is 1. The fourth-order valence-corrected chi connectivity index (χ4v) is 4.17. The van der Waals surface area contributed by atoms with Gasteiger partial charge in [0.15, 0.2) is 0 Å². The Kier molecular flexibility index (Phi) is 5.21. The van der Waals surface area contributed by atoms with Gasteiger partial charge in [-0.05, 0) is 44.1 Å². The molecular weight excluding hydrogens is 304 g/mol. The number of nitrogens with zero attached hydrogens (tertiary/aromatic N) is 3. The second-order valence-electron chi connectivity index (χ2n) is 7.29. The third kappa shape index (κ3) is 3.79. The standard InChI is InChI=1S/C18H28N4O2/c1-13-10-19-21(11-13)12-16-8-5-9-22(16)18(24)17(20-14(2)23)15-6-3-4-7-15/h10-11,15-17H,3-9,12H2,1-2H3,(H,20,23)/t16-,17+/m0/s1. The Bertz CT molecular complexity index is 592. The van der Waals surface area contributed by atoms with Gasteiger partial charge in [0, 0.05) is 19.7 Å². The van der Waals surface area contributed by atoms with Crippen molar-refractivity contribution >= 4 is 11.8 Å². The van der Waals surface area contributed by atoms with E-state index in [4.69, 9.17) is 0 Å². The van der Waals surface area contributed by atoms with Crippen LogP contribution in [-0.4, -0.2) is 45.1 Å². The van der Waals surface area contributed by atoms with Crippen molar-refractivity contribution in [2.75, 3.05) is 6.54 Å². The first kappa shape index (κ1) is 17.0. The van der Waals surface area contributed by atoms with Crippen LogP contribution in [0.3, 0.4) is 0 Å². The average molecular weight is 332 g/mol. The number of rotatable bonds is 5. The lowest BCUT2D eigenvalue weighted by molar-refractivity contribution is -0.138. The molecule has 0 bridgehead atoms. The van der Waals surface area contributed by atoms with Gasteiger partial charge < -0.3 is 10.2 Å². The third-order valence-corrected chi connectivity index (χ3v) is 5.32. The summed E-state index contributed by atoms with van der Waals surface area (Å²) in [4.78, 5) is 26.7. The van der Waals surface area contributed by atoms with E-state index < -0.39 is 0 Å². The number of aryl methyl sites for hydroxylation is 1. The fraction of sp³-hybridized carbons (Fsp3) is 0.722. The average Bonchev–Trinajstić information content (AvgIpc) is 3.26. The number of aromatic nitrogens is 2. The van der Waals surface area contributed by atoms with Crippen molar-refractivity contribution in [3.8, 4) is 0 Å². The van der Waals surface area contributed by atoms with Gasteiger partial charge in [-0.25, -0.2) is 0 Å². The first-order valence-corrected chi connectivity index (χ1v) is 9.11. The highest BCUT2D eigenvalue weighted by atomic mass is 16.2. The maximum absolute atomic E-state index is 13.2. The molecule has 2 fully saturated rings. The van der Waals surface area contributed by atoms with E-state index in [1.165, 1.54) is 6.92 Å². The molecule has 0 spiro atoms. The molecule has 1 N–H and O–H groups in total. The van der Waals surface area contributed by atoms with Crippen LogP contribution < -0.4 is 5.32 Å². The molecule has 2 aliphatic rings. The summed E-state index contributed by atoms with van der Waals surface area (Å²) in [6.07, 6.45) is 10.3. The van der Waals surface area contributed by atoms with E-state index in [-0.39, 0.29) is 29.8 Å². The van der Waals surface area contributed by atoms with Crippen LogP contribution in [0.15, 0.2) is 12.4 Å². The van der Waals surface area contributed by atoms with Gasteiger partial charge in [-0.3, -0.25) is 14.3 Å². The zero-order valence-electron chi connectivity index (χ0n) is 14.7. The van der Waals surface area contributed by atoms with E-state index in [1.54, 1.807) is 0 Å². The molecule has 0 aromatic carbocycles. The minimum absolute atomic E-state index is 0.100. The van der Waals surface area contributed by atoms with Crippen LogP contribution in [0.25, 0.3) is 0 Å². The molecule has 132 valence electrons. The van der Waals surface area contributed by atoms with Gasteiger partial charge in [0.25, 0.3) is 0 Å². The van der Waals surface area contributed by atoms with Crippen molar-refractivity contribution in [1.29, 1.82) is 0 Å². The Morgan fingerprint density at radius 2 is 2.04 bits per heavy atom. The molecule has 1 aromatic rings. The quantitative estimate of drug-likeness (QED) is 0.895. The highest BCUT2D eigenvalue weighted by Gasteiger charge is 2.38. The third-order valence-electron chi connectivity index (χ3n) is 5.32. The van der Waals surface area contributed by atoms with Crippen molar-refractivity contribution in [1.82, 2.24) is 20.0 Å². The maximum Gasteiger partial charge on any atom is 0.245 e. The van der Waals surface area contributed by atoms with Crippen LogP contribution in [0.1, 0.15) is 51.0 Å². The predicted octanol–water partition coefficient (Wildman–Crippen LogP) is 1.88. The summed E-state index contributed by atoms with van der Waals surface area (Å²) < 4.78 is 1.93. The molecular formula is C18H28N4O2. The monoisotopic (exact) mass is 332 g/mol. The molecule has 0 unspecified atom stereocenters. The van der Waals surface area contributed by atoms with Crippen molar-refractivity contribution in [3.05, 3.63) is 18.0 Å². The molecule has 1 saturated heterocycles. The van der Waals surface area contributed by atoms with Crippen LogP contribution >= 0.6 is 0 Å². The van der Waals surface area contributed by atoms with Gasteiger partial charge >= 0.3 is 0 Å². The second kappa shape index (κ2) is 7.36. The molecule has 6 heteroatoms. The molecule has 2 amide bonds. The van der Waals surface area contributed by atoms with Crippen LogP contribution in [0.4, 0.5) is 0 Å². The number of likely N-dealkylation sites (tertiary alicyclic amines) is 1. The highest BCUT2D eigenvalue weighted by Crippen LogP contribution is 2.30. The molecule has 2 heterocycles. The smallest absolute Gasteiger partial charge is 0.245 e. The second-order valence-corrected chi connectivity index (χ2v) is 7.29. The van der Waals surface area contributed by atoms with Crippen molar-refractivity contribution in [2.45, 2.75) is 71.0 Å². The van der Waals surface area contributed by atoms with Gasteiger partial charge in [-0.15, -0.1) is 0 Å². The van der Waals surface area contributed by atoms with E-state index in [0.717, 1.165) is 57.2 Å². The first-order chi connectivity index (χ1) is 11.5. The van der Waals surface area contributed by atoms with Crippen molar-refractivity contribution in [3.63, 3.8) is 0 Å². The zero-order chi connectivity index (χ0) is 17.1. The summed E-state index contributed by atoms with van der Waals surface area (Å²) >= 11 is 0. The Labute approximate surface area is 143 Å². The molecule has 3 rings (SSSR count). The van der Waals surface area contributed by atoms with Gasteiger partial charge in [0.1, 0.15) is 6.04 Å². The summed E-state index contributed by atoms with van der Waals surface area (Å²) in [5, 5.41) is 7.29. The summed E-state index contributed by atoms with van der Waals surface area (Å²) in [5.41, 5.74) is 1.13. The van der Waals surface area contributed by atoms with E-state index in [9.17, 15) is 9.59 Å². The minimum atomic E-state index is -0.357. The molecule has 0 radical (unpaired) electrons. The van der Waals surface area contributed by atoms with E-state index >= 15 is 0 Å². The fourth-order valence-electron chi connectivity index (χ4n) is 4.17. The lowest BCUT2D eigenvalue weighted by atomic mass is 9.96. The van der Waals surface area contributed by atoms with E-state index in [0.29, 0.717) is 0 Å². The lowest BCUT2D eigenvalue weighted by Gasteiger charge is -2.31. The molecule has 1 aliphatic heterocycles. The highest BCUT2D eigenvalue weighted by molar-refractivity contribution is 5.87. The topological polar surface area (TPSA) is 67.2 Å². The number of amides is 2. The molecule has 2 atom stereocenters. The summed E-state index contributed by atoms with van der Waals surface area (Å²) in [6.45, 7) is 5.04. The number of carbonyl (C=O) groups excluding carboxylic acids is 2. The lowest BCUT2D eigenvalue weighted by Crippen LogP contribution is -2.53. The number of hydrogen-bond donors (Lipinski definition) is 1. The molecule has 1 aromatic heterocycles. The summed E-state index contributed by atoms with van der Waals surface area (Å²) in [7, 11) is 0. The van der Waals surface area contributed by atoms with Gasteiger partial charge in [-0.2, -0.15) is 5.10 Å². The van der Waals surface area contributed by atoms with Crippen LogP contribution in [0.2, 0.25) is 0 Å². The Morgan fingerprint density at radius 3 is 2.67 bits per heavy atom. The van der Waals surface area contributed by atoms with E-state index in [1.807, 2.05) is 28.9 Å². The predicted molar refractivity (Wildman–Crippen MR) is 91.3 cm³/mol. The minimum Gasteiger partial charge on any atom is -0.344 e. The van der Waals surface area contributed by atoms with Crippen molar-refractivity contribution in [2.24, 2.45) is 5.92 Å². The SMILES string of the molecule is CC(=O)N[C@@H](C(=O)N1CCC[C@H]1Cn1cc(C)cn1)C1CCCC1. The van der Waals surface area contributed by atoms with Gasteiger partial charge in [-0.1, -0.05) is 12.8 Å². The van der Waals surface area contributed by atoms with Crippen LogP contribution in [-0.2, 0) is 16.1 Å². The molecule has 1 aliphatic carbocycles. The molecule has 1 saturated carbocycles. The Hall–Kier alpha value is -1.85. The summed E-state index contributed by atoms with van der Waals surface area (Å²) in [6, 6.07) is -0.181. The normalized spacial score (nSPS) is 22.8.